The van der Waals surface area contributed by atoms with Crippen molar-refractivity contribution in [1.29, 1.82) is 0 Å². The van der Waals surface area contributed by atoms with Crippen LogP contribution >= 0.6 is 0 Å². The smallest absolute Gasteiger partial charge is 0.258 e. The van der Waals surface area contributed by atoms with Gasteiger partial charge in [0.25, 0.3) is 11.8 Å². The van der Waals surface area contributed by atoms with Gasteiger partial charge in [0.05, 0.1) is 20.9 Å². The van der Waals surface area contributed by atoms with E-state index in [1.165, 1.54) is 57.4 Å². The molecular formula is C63H96N10O4S. The number of anilines is 2. The Morgan fingerprint density at radius 1 is 0.679 bits per heavy atom. The number of nitrogens with two attached hydrogens (primary N) is 2. The predicted molar refractivity (Wildman–Crippen MR) is 340 cm³/mol. The number of aliphatic imine (C=N–C) groups is 2. The first-order valence-corrected chi connectivity index (χ1v) is 28.2. The van der Waals surface area contributed by atoms with Gasteiger partial charge in [-0.05, 0) is 171 Å². The zero-order valence-electron chi connectivity index (χ0n) is 49.4. The van der Waals surface area contributed by atoms with Crippen molar-refractivity contribution in [3.8, 4) is 0 Å². The zero-order chi connectivity index (χ0) is 59.6. The summed E-state index contributed by atoms with van der Waals surface area (Å²) in [5.74, 6) is 4.16. The van der Waals surface area contributed by atoms with Crippen molar-refractivity contribution in [3.63, 3.8) is 0 Å². The summed E-state index contributed by atoms with van der Waals surface area (Å²) in [7, 11) is 5.69. The number of rotatable bonds is 20. The molecule has 1 atom stereocenters. The van der Waals surface area contributed by atoms with Gasteiger partial charge in [0, 0.05) is 41.8 Å². The van der Waals surface area contributed by atoms with Crippen molar-refractivity contribution in [2.45, 2.75) is 86.0 Å². The summed E-state index contributed by atoms with van der Waals surface area (Å²) in [4.78, 5) is 48.3. The van der Waals surface area contributed by atoms with Gasteiger partial charge in [-0.3, -0.25) is 9.59 Å². The van der Waals surface area contributed by atoms with Crippen LogP contribution in [0.2, 0.25) is 0 Å². The van der Waals surface area contributed by atoms with Gasteiger partial charge in [-0.25, -0.2) is 18.9 Å². The number of benzene rings is 4. The topological polar surface area (TPSA) is 191 Å². The lowest BCUT2D eigenvalue weighted by atomic mass is 9.93. The number of allylic oxidation sites excluding steroid dienone is 2. The number of nitrogens with zero attached hydrogens (tertiary/aromatic N) is 5. The van der Waals surface area contributed by atoms with Crippen LogP contribution in [-0.2, 0) is 24.1 Å². The van der Waals surface area contributed by atoms with Gasteiger partial charge in [-0.2, -0.15) is 0 Å². The maximum Gasteiger partial charge on any atom is 0.258 e. The second kappa shape index (κ2) is 43.0. The molecule has 0 radical (unpaired) electrons. The Hall–Kier alpha value is -7.01. The standard InChI is InChI=1S/C24H31N5O2S.C20H21N3O.C12H26N2.2C2H6.C2H4.CH2O/c1-18(17-26-23(25)19(2)24(30)28-21-9-7-6-8-10-21)20-11-13-22(14-12-20)32(5,31)27-15-16-29(3)4;1-14-9-11-17(12-10-14)15(2)13-22-19(21)16(3)20(24)23-18-7-5-4-6-8-18;1-4-8-14-10-6-12(7-11-14)5-9-13(2)3;4*1-2/h6-14,17H,2,5,15-16H2,1,3-4H3,(H2,25,26)(H,27,31)(H,28,30);4-13H,3H2,1-2H3,(H2,21,22)(H,23,24);12H,4-11H2,1-3H3;2*1-2H3;1-2H2;1H2/b18-17+;15-13+;;;;;. The number of para-hydroxylation sites is 2. The van der Waals surface area contributed by atoms with Gasteiger partial charge in [0.15, 0.2) is 0 Å². The monoisotopic (exact) mass is 1090 g/mol. The molecule has 4 aromatic rings. The van der Waals surface area contributed by atoms with Crippen molar-refractivity contribution in [2.24, 2.45) is 27.4 Å². The highest BCUT2D eigenvalue weighted by molar-refractivity contribution is 7.98. The third-order valence-electron chi connectivity index (χ3n) is 11.3. The van der Waals surface area contributed by atoms with Crippen LogP contribution in [0, 0.1) is 12.8 Å². The first-order valence-electron chi connectivity index (χ1n) is 26.5. The normalized spacial score (nSPS) is 13.4. The molecule has 2 amide bonds. The molecular weight excluding hydrogens is 993 g/mol. The Morgan fingerprint density at radius 3 is 1.44 bits per heavy atom. The molecule has 0 saturated carbocycles. The third kappa shape index (κ3) is 30.7. The highest BCUT2D eigenvalue weighted by atomic mass is 32.2. The molecule has 78 heavy (non-hydrogen) atoms. The molecule has 4 aromatic carbocycles. The van der Waals surface area contributed by atoms with E-state index in [0.717, 1.165) is 34.7 Å². The number of likely N-dealkylation sites (tertiary alicyclic amines) is 1. The number of hydrogen-bond acceptors (Lipinski definition) is 9. The van der Waals surface area contributed by atoms with Crippen LogP contribution in [0.15, 0.2) is 174 Å². The average Bonchev–Trinajstić information content (AvgIpc) is 3.46. The van der Waals surface area contributed by atoms with Gasteiger partial charge in [-0.15, -0.1) is 13.2 Å². The zero-order valence-corrected chi connectivity index (χ0v) is 50.2. The highest BCUT2D eigenvalue weighted by Crippen LogP contribution is 2.21. The second-order valence-electron chi connectivity index (χ2n) is 17.9. The van der Waals surface area contributed by atoms with Crippen molar-refractivity contribution in [1.82, 2.24) is 19.4 Å². The van der Waals surface area contributed by atoms with Crippen LogP contribution in [0.5, 0.6) is 0 Å². The van der Waals surface area contributed by atoms with Gasteiger partial charge in [-0.1, -0.05) is 126 Å². The summed E-state index contributed by atoms with van der Waals surface area (Å²) >= 11 is 0. The number of hydrogen-bond donors (Lipinski definition) is 5. The van der Waals surface area contributed by atoms with E-state index >= 15 is 0 Å². The molecule has 1 fully saturated rings. The summed E-state index contributed by atoms with van der Waals surface area (Å²) in [5, 5.41) is 5.45. The minimum Gasteiger partial charge on any atom is -0.383 e. The average molecular weight is 1090 g/mol. The first-order chi connectivity index (χ1) is 37.3. The SMILES string of the molecule is C=C.C=C(C(=O)Nc1ccccc1)C(N)=N/C=C(\C)c1ccc(C)cc1.C=C(C(=O)Nc1ccccc1)C(N)=N/C=C(\C)c1ccc(S(=C)(=O)NCCN(C)C)cc1.C=O.CC.CC.CCCN1CCC(CCN(C)C)CC1. The Bertz CT molecular complexity index is 2550. The van der Waals surface area contributed by atoms with E-state index in [1.54, 1.807) is 48.8 Å². The molecule has 1 heterocycles. The minimum atomic E-state index is -2.57. The fourth-order valence-electron chi connectivity index (χ4n) is 6.85. The van der Waals surface area contributed by atoms with E-state index in [1.807, 2.05) is 147 Å². The van der Waals surface area contributed by atoms with Gasteiger partial charge < -0.3 is 41.6 Å². The molecule has 0 bridgehead atoms. The molecule has 1 unspecified atom stereocenters. The van der Waals surface area contributed by atoms with E-state index in [0.29, 0.717) is 22.8 Å². The van der Waals surface area contributed by atoms with E-state index in [9.17, 15) is 13.8 Å². The number of carbonyl (C=O) groups excluding carboxylic acids is 3. The number of carbonyl (C=O) groups is 3. The number of piperidine rings is 1. The quantitative estimate of drug-likeness (QED) is 0.0188. The predicted octanol–water partition coefficient (Wildman–Crippen LogP) is 11.4. The Balaban J connectivity index is 0. The van der Waals surface area contributed by atoms with Crippen LogP contribution in [0.4, 0.5) is 11.4 Å². The number of likely N-dealkylation sites (N-methyl/N-ethyl adjacent to an activating group) is 1. The van der Waals surface area contributed by atoms with Crippen molar-refractivity contribution < 1.29 is 18.6 Å². The molecule has 15 heteroatoms. The van der Waals surface area contributed by atoms with Crippen LogP contribution in [0.25, 0.3) is 11.1 Å². The summed E-state index contributed by atoms with van der Waals surface area (Å²) in [5.41, 5.74) is 18.3. The summed E-state index contributed by atoms with van der Waals surface area (Å²) in [6, 6.07) is 33.5. The Labute approximate surface area is 471 Å². The second-order valence-corrected chi connectivity index (χ2v) is 20.0. The minimum absolute atomic E-state index is 0.0280. The van der Waals surface area contributed by atoms with Crippen LogP contribution in [0.3, 0.4) is 0 Å². The van der Waals surface area contributed by atoms with Crippen molar-refractivity contribution >= 4 is 68.4 Å². The van der Waals surface area contributed by atoms with Gasteiger partial charge in [0.1, 0.15) is 18.5 Å². The number of nitrogens with one attached hydrogen (secondary N) is 3. The fraction of sp³-hybridized carbons (Fsp3) is 0.365. The van der Waals surface area contributed by atoms with Crippen LogP contribution in [0.1, 0.15) is 90.8 Å². The molecule has 5 rings (SSSR count). The molecule has 1 saturated heterocycles. The lowest BCUT2D eigenvalue weighted by molar-refractivity contribution is -0.113. The van der Waals surface area contributed by atoms with E-state index in [4.69, 9.17) is 16.3 Å². The Kier molecular flexibility index (Phi) is 40.3. The van der Waals surface area contributed by atoms with Crippen LogP contribution < -0.4 is 26.8 Å². The molecule has 0 spiro atoms. The van der Waals surface area contributed by atoms with E-state index in [-0.39, 0.29) is 28.7 Å². The molecule has 428 valence electrons. The van der Waals surface area contributed by atoms with Gasteiger partial charge in [0.2, 0.25) is 0 Å². The molecule has 1 aliphatic rings. The molecule has 14 nitrogen and oxygen atoms in total. The molecule has 0 aromatic heterocycles. The number of amidine groups is 2. The van der Waals surface area contributed by atoms with E-state index in [2.05, 4.69) is 88.3 Å². The van der Waals surface area contributed by atoms with Crippen molar-refractivity contribution in [2.75, 3.05) is 78.1 Å². The summed E-state index contributed by atoms with van der Waals surface area (Å²) < 4.78 is 15.8. The number of aryl methyl sites for hydroxylation is 1. The maximum absolute atomic E-state index is 12.8. The lowest BCUT2D eigenvalue weighted by Gasteiger charge is -2.32. The largest absolute Gasteiger partial charge is 0.383 e. The number of amides is 2. The third-order valence-corrected chi connectivity index (χ3v) is 13.1. The highest BCUT2D eigenvalue weighted by Gasteiger charge is 2.18. The van der Waals surface area contributed by atoms with Crippen molar-refractivity contribution in [3.05, 3.63) is 176 Å². The molecule has 7 N–H and O–H groups in total. The first kappa shape index (κ1) is 73.1. The lowest BCUT2D eigenvalue weighted by Crippen LogP contribution is -2.35. The summed E-state index contributed by atoms with van der Waals surface area (Å²) in [6.45, 7) is 38.2. The maximum atomic E-state index is 12.8. The van der Waals surface area contributed by atoms with E-state index < -0.39 is 15.6 Å². The fourth-order valence-corrected chi connectivity index (χ4v) is 8.02. The van der Waals surface area contributed by atoms with Gasteiger partial charge >= 0.3 is 0 Å². The molecule has 0 aliphatic carbocycles. The van der Waals surface area contributed by atoms with Crippen LogP contribution in [-0.4, -0.2) is 123 Å². The Morgan fingerprint density at radius 2 is 1.06 bits per heavy atom. The summed E-state index contributed by atoms with van der Waals surface area (Å²) in [6.07, 6.45) is 8.76. The molecule has 1 aliphatic heterocycles.